The number of nitrogens with zero attached hydrogens (tertiary/aromatic N) is 1. The molecule has 1 aromatic rings. The summed E-state index contributed by atoms with van der Waals surface area (Å²) >= 11 is 0. The Balaban J connectivity index is 3.07. The molecule has 0 spiro atoms. The molecule has 0 radical (unpaired) electrons. The Morgan fingerprint density at radius 3 is 2.92 bits per heavy atom. The van der Waals surface area contributed by atoms with Crippen molar-refractivity contribution in [3.05, 3.63) is 30.1 Å². The Labute approximate surface area is 77.1 Å². The third-order valence-corrected chi connectivity index (χ3v) is 1.51. The number of rotatable bonds is 2. The quantitative estimate of drug-likeness (QED) is 0.648. The van der Waals surface area contributed by atoms with Crippen LogP contribution in [-0.2, 0) is 4.79 Å². The van der Waals surface area contributed by atoms with E-state index in [0.717, 1.165) is 11.3 Å². The highest BCUT2D eigenvalue weighted by molar-refractivity contribution is 5.71. The Morgan fingerprint density at radius 2 is 2.38 bits per heavy atom. The SMILES string of the molecule is C=Cc1cnc(C)cc1OC(C)=O. The van der Waals surface area contributed by atoms with Crippen LogP contribution in [0, 0.1) is 6.92 Å². The first-order valence-electron chi connectivity index (χ1n) is 3.91. The van der Waals surface area contributed by atoms with Gasteiger partial charge in [0.15, 0.2) is 0 Å². The van der Waals surface area contributed by atoms with Gasteiger partial charge in [0.25, 0.3) is 0 Å². The summed E-state index contributed by atoms with van der Waals surface area (Å²) in [5.41, 5.74) is 1.53. The Morgan fingerprint density at radius 1 is 1.69 bits per heavy atom. The maximum absolute atomic E-state index is 10.7. The van der Waals surface area contributed by atoms with Gasteiger partial charge in [0.2, 0.25) is 0 Å². The molecule has 0 aromatic carbocycles. The van der Waals surface area contributed by atoms with E-state index in [0.29, 0.717) is 5.75 Å². The van der Waals surface area contributed by atoms with Gasteiger partial charge in [-0.25, -0.2) is 0 Å². The number of aromatic nitrogens is 1. The molecule has 68 valence electrons. The highest BCUT2D eigenvalue weighted by Crippen LogP contribution is 2.19. The molecule has 1 aromatic heterocycles. The number of carbonyl (C=O) groups excluding carboxylic acids is 1. The molecule has 0 atom stereocenters. The van der Waals surface area contributed by atoms with Gasteiger partial charge in [-0.15, -0.1) is 0 Å². The summed E-state index contributed by atoms with van der Waals surface area (Å²) in [6.07, 6.45) is 3.23. The standard InChI is InChI=1S/C10H11NO2/c1-4-9-6-11-7(2)5-10(9)13-8(3)12/h4-6H,1H2,2-3H3. The number of hydrogen-bond acceptors (Lipinski definition) is 3. The predicted molar refractivity (Wildman–Crippen MR) is 50.4 cm³/mol. The molecular formula is C10H11NO2. The van der Waals surface area contributed by atoms with Crippen molar-refractivity contribution in [2.75, 3.05) is 0 Å². The van der Waals surface area contributed by atoms with Crippen molar-refractivity contribution in [1.29, 1.82) is 0 Å². The third-order valence-electron chi connectivity index (χ3n) is 1.51. The lowest BCUT2D eigenvalue weighted by Gasteiger charge is -2.05. The first-order chi connectivity index (χ1) is 6.13. The third kappa shape index (κ3) is 2.40. The molecule has 13 heavy (non-hydrogen) atoms. The summed E-state index contributed by atoms with van der Waals surface area (Å²) in [4.78, 5) is 14.8. The van der Waals surface area contributed by atoms with Crippen LogP contribution in [0.4, 0.5) is 0 Å². The Hall–Kier alpha value is -1.64. The molecule has 1 heterocycles. The molecule has 0 saturated carbocycles. The second kappa shape index (κ2) is 3.85. The number of ether oxygens (including phenoxy) is 1. The summed E-state index contributed by atoms with van der Waals surface area (Å²) < 4.78 is 4.97. The van der Waals surface area contributed by atoms with Crippen molar-refractivity contribution >= 4 is 12.0 Å². The summed E-state index contributed by atoms with van der Waals surface area (Å²) in [5.74, 6) is 0.170. The van der Waals surface area contributed by atoms with E-state index in [1.807, 2.05) is 6.92 Å². The molecule has 3 nitrogen and oxygen atoms in total. The molecule has 0 saturated heterocycles. The highest BCUT2D eigenvalue weighted by atomic mass is 16.5. The van der Waals surface area contributed by atoms with Crippen molar-refractivity contribution in [3.8, 4) is 5.75 Å². The van der Waals surface area contributed by atoms with Crippen molar-refractivity contribution in [2.24, 2.45) is 0 Å². The van der Waals surface area contributed by atoms with Gasteiger partial charge in [-0.2, -0.15) is 0 Å². The van der Waals surface area contributed by atoms with Gasteiger partial charge >= 0.3 is 5.97 Å². The van der Waals surface area contributed by atoms with Crippen LogP contribution in [-0.4, -0.2) is 11.0 Å². The number of hydrogen-bond donors (Lipinski definition) is 0. The predicted octanol–water partition coefficient (Wildman–Crippen LogP) is 1.96. The molecule has 0 bridgehead atoms. The average Bonchev–Trinajstić information content (AvgIpc) is 2.03. The maximum Gasteiger partial charge on any atom is 0.308 e. The van der Waals surface area contributed by atoms with Gasteiger partial charge in [-0.3, -0.25) is 9.78 Å². The molecule has 0 N–H and O–H groups in total. The lowest BCUT2D eigenvalue weighted by molar-refractivity contribution is -0.131. The second-order valence-electron chi connectivity index (χ2n) is 2.66. The van der Waals surface area contributed by atoms with E-state index in [1.54, 1.807) is 18.3 Å². The topological polar surface area (TPSA) is 39.2 Å². The number of pyridine rings is 1. The molecule has 0 unspecified atom stereocenters. The number of carbonyl (C=O) groups is 1. The zero-order valence-corrected chi connectivity index (χ0v) is 7.70. The summed E-state index contributed by atoms with van der Waals surface area (Å²) in [5, 5.41) is 0. The minimum atomic E-state index is -0.339. The van der Waals surface area contributed by atoms with Crippen molar-refractivity contribution in [3.63, 3.8) is 0 Å². The second-order valence-corrected chi connectivity index (χ2v) is 2.66. The first-order valence-corrected chi connectivity index (χ1v) is 3.91. The van der Waals surface area contributed by atoms with Crippen molar-refractivity contribution < 1.29 is 9.53 Å². The molecule has 0 aliphatic carbocycles. The lowest BCUT2D eigenvalue weighted by Crippen LogP contribution is -2.03. The number of esters is 1. The minimum Gasteiger partial charge on any atom is -0.426 e. The van der Waals surface area contributed by atoms with E-state index in [9.17, 15) is 4.79 Å². The molecule has 0 fully saturated rings. The van der Waals surface area contributed by atoms with E-state index in [4.69, 9.17) is 4.74 Å². The molecule has 1 rings (SSSR count). The molecule has 3 heteroatoms. The van der Waals surface area contributed by atoms with Crippen LogP contribution in [0.3, 0.4) is 0 Å². The van der Waals surface area contributed by atoms with E-state index in [2.05, 4.69) is 11.6 Å². The van der Waals surface area contributed by atoms with Crippen LogP contribution in [0.25, 0.3) is 6.08 Å². The van der Waals surface area contributed by atoms with Crippen molar-refractivity contribution in [1.82, 2.24) is 4.98 Å². The van der Waals surface area contributed by atoms with Crippen LogP contribution in [0.5, 0.6) is 5.75 Å². The van der Waals surface area contributed by atoms with Crippen LogP contribution in [0.15, 0.2) is 18.8 Å². The fourth-order valence-electron chi connectivity index (χ4n) is 0.942. The smallest absolute Gasteiger partial charge is 0.308 e. The maximum atomic E-state index is 10.7. The largest absolute Gasteiger partial charge is 0.426 e. The van der Waals surface area contributed by atoms with Gasteiger partial charge in [-0.1, -0.05) is 12.7 Å². The fourth-order valence-corrected chi connectivity index (χ4v) is 0.942. The normalized spacial score (nSPS) is 9.38. The van der Waals surface area contributed by atoms with Crippen LogP contribution in [0.1, 0.15) is 18.2 Å². The lowest BCUT2D eigenvalue weighted by atomic mass is 10.2. The average molecular weight is 177 g/mol. The molecule has 0 aliphatic rings. The first kappa shape index (κ1) is 9.45. The van der Waals surface area contributed by atoms with E-state index >= 15 is 0 Å². The van der Waals surface area contributed by atoms with E-state index in [-0.39, 0.29) is 5.97 Å². The van der Waals surface area contributed by atoms with Gasteiger partial charge in [-0.05, 0) is 6.92 Å². The Kier molecular flexibility index (Phi) is 2.80. The zero-order chi connectivity index (χ0) is 9.84. The summed E-state index contributed by atoms with van der Waals surface area (Å²) in [6.45, 7) is 6.79. The zero-order valence-electron chi connectivity index (χ0n) is 7.70. The molecular weight excluding hydrogens is 166 g/mol. The van der Waals surface area contributed by atoms with Gasteiger partial charge < -0.3 is 4.74 Å². The summed E-state index contributed by atoms with van der Waals surface area (Å²) in [7, 11) is 0. The number of aryl methyl sites for hydroxylation is 1. The monoisotopic (exact) mass is 177 g/mol. The van der Waals surface area contributed by atoms with Gasteiger partial charge in [0, 0.05) is 30.4 Å². The molecule has 0 aliphatic heterocycles. The highest BCUT2D eigenvalue weighted by Gasteiger charge is 2.03. The van der Waals surface area contributed by atoms with Gasteiger partial charge in [0.1, 0.15) is 5.75 Å². The Bertz CT molecular complexity index is 345. The van der Waals surface area contributed by atoms with Crippen LogP contribution >= 0.6 is 0 Å². The van der Waals surface area contributed by atoms with E-state index < -0.39 is 0 Å². The minimum absolute atomic E-state index is 0.339. The fraction of sp³-hybridized carbons (Fsp3) is 0.200. The summed E-state index contributed by atoms with van der Waals surface area (Å²) in [6, 6.07) is 1.71. The van der Waals surface area contributed by atoms with Crippen LogP contribution < -0.4 is 4.74 Å². The van der Waals surface area contributed by atoms with E-state index in [1.165, 1.54) is 6.92 Å². The van der Waals surface area contributed by atoms with Gasteiger partial charge in [0.05, 0.1) is 0 Å². The molecule has 0 amide bonds. The van der Waals surface area contributed by atoms with Crippen molar-refractivity contribution in [2.45, 2.75) is 13.8 Å². The van der Waals surface area contributed by atoms with Crippen LogP contribution in [0.2, 0.25) is 0 Å².